The molecule has 16 heavy (non-hydrogen) atoms. The molecule has 0 atom stereocenters. The maximum absolute atomic E-state index is 11.6. The van der Waals surface area contributed by atoms with E-state index in [4.69, 9.17) is 17.3 Å². The average molecular weight is 263 g/mol. The van der Waals surface area contributed by atoms with Crippen molar-refractivity contribution in [2.45, 2.75) is 11.3 Å². The standard InChI is InChI=1S/C9H11ClN2O3S/c10-7-2-1-3-8(6-7)16(14,15)12-5-4-9(11)13/h1-3,6,12H,4-5H2,(H2,11,13). The number of carbonyl (C=O) groups excluding carboxylic acids is 1. The molecule has 0 spiro atoms. The van der Waals surface area contributed by atoms with Gasteiger partial charge < -0.3 is 5.73 Å². The molecule has 0 aliphatic carbocycles. The summed E-state index contributed by atoms with van der Waals surface area (Å²) in [5.41, 5.74) is 4.89. The van der Waals surface area contributed by atoms with Crippen LogP contribution in [-0.2, 0) is 14.8 Å². The van der Waals surface area contributed by atoms with Crippen molar-refractivity contribution in [1.82, 2.24) is 4.72 Å². The van der Waals surface area contributed by atoms with Crippen LogP contribution in [0.5, 0.6) is 0 Å². The summed E-state index contributed by atoms with van der Waals surface area (Å²) in [6.07, 6.45) is -0.0419. The number of amides is 1. The summed E-state index contributed by atoms with van der Waals surface area (Å²) in [6, 6.07) is 5.85. The highest BCUT2D eigenvalue weighted by atomic mass is 35.5. The molecule has 0 aromatic heterocycles. The molecule has 7 heteroatoms. The van der Waals surface area contributed by atoms with Crippen molar-refractivity contribution in [3.05, 3.63) is 29.3 Å². The molecule has 1 rings (SSSR count). The van der Waals surface area contributed by atoms with Gasteiger partial charge in [-0.15, -0.1) is 0 Å². The highest BCUT2D eigenvalue weighted by Gasteiger charge is 2.13. The third kappa shape index (κ3) is 3.80. The first-order chi connectivity index (χ1) is 7.42. The second-order valence-corrected chi connectivity index (χ2v) is 5.27. The summed E-state index contributed by atoms with van der Waals surface area (Å²) in [4.78, 5) is 10.5. The number of rotatable bonds is 5. The van der Waals surface area contributed by atoms with Crippen LogP contribution in [0.1, 0.15) is 6.42 Å². The van der Waals surface area contributed by atoms with E-state index in [2.05, 4.69) is 4.72 Å². The number of primary amides is 1. The predicted octanol–water partition coefficient (Wildman–Crippen LogP) is 0.494. The van der Waals surface area contributed by atoms with Gasteiger partial charge in [0, 0.05) is 18.0 Å². The Labute approximate surface area is 98.6 Å². The van der Waals surface area contributed by atoms with Crippen LogP contribution < -0.4 is 10.5 Å². The first-order valence-corrected chi connectivity index (χ1v) is 6.31. The molecular formula is C9H11ClN2O3S. The van der Waals surface area contributed by atoms with E-state index < -0.39 is 15.9 Å². The molecule has 0 heterocycles. The van der Waals surface area contributed by atoms with Crippen LogP contribution in [-0.4, -0.2) is 20.9 Å². The SMILES string of the molecule is NC(=O)CCNS(=O)(=O)c1cccc(Cl)c1. The van der Waals surface area contributed by atoms with Crippen LogP contribution in [0.15, 0.2) is 29.2 Å². The van der Waals surface area contributed by atoms with E-state index in [0.717, 1.165) is 0 Å². The van der Waals surface area contributed by atoms with E-state index in [1.807, 2.05) is 0 Å². The van der Waals surface area contributed by atoms with Gasteiger partial charge in [-0.2, -0.15) is 0 Å². The predicted molar refractivity (Wildman–Crippen MR) is 60.5 cm³/mol. The lowest BCUT2D eigenvalue weighted by molar-refractivity contribution is -0.117. The molecule has 1 amide bonds. The van der Waals surface area contributed by atoms with Crippen LogP contribution >= 0.6 is 11.6 Å². The summed E-state index contributed by atoms with van der Waals surface area (Å²) in [6.45, 7) is -0.0236. The molecule has 0 fully saturated rings. The van der Waals surface area contributed by atoms with Crippen molar-refractivity contribution in [2.24, 2.45) is 5.73 Å². The Balaban J connectivity index is 2.74. The van der Waals surface area contributed by atoms with Gasteiger partial charge in [0.2, 0.25) is 15.9 Å². The minimum Gasteiger partial charge on any atom is -0.370 e. The molecule has 5 nitrogen and oxygen atoms in total. The molecule has 3 N–H and O–H groups in total. The summed E-state index contributed by atoms with van der Waals surface area (Å²) in [7, 11) is -3.62. The first-order valence-electron chi connectivity index (χ1n) is 4.45. The molecule has 0 radical (unpaired) electrons. The first kappa shape index (κ1) is 13.0. The molecule has 0 unspecified atom stereocenters. The number of sulfonamides is 1. The van der Waals surface area contributed by atoms with E-state index in [-0.39, 0.29) is 17.9 Å². The van der Waals surface area contributed by atoms with Crippen LogP contribution in [0.4, 0.5) is 0 Å². The maximum atomic E-state index is 11.6. The van der Waals surface area contributed by atoms with E-state index in [1.165, 1.54) is 18.2 Å². The molecule has 88 valence electrons. The Kier molecular flexibility index (Phi) is 4.28. The second-order valence-electron chi connectivity index (χ2n) is 3.07. The summed E-state index contributed by atoms with van der Waals surface area (Å²) in [5, 5.41) is 0.331. The number of benzene rings is 1. The van der Waals surface area contributed by atoms with Crippen molar-refractivity contribution in [3.63, 3.8) is 0 Å². The van der Waals surface area contributed by atoms with E-state index in [9.17, 15) is 13.2 Å². The Bertz CT molecular complexity index is 487. The largest absolute Gasteiger partial charge is 0.370 e. The van der Waals surface area contributed by atoms with Gasteiger partial charge >= 0.3 is 0 Å². The maximum Gasteiger partial charge on any atom is 0.240 e. The lowest BCUT2D eigenvalue weighted by atomic mass is 10.4. The number of hydrogen-bond acceptors (Lipinski definition) is 3. The lowest BCUT2D eigenvalue weighted by Gasteiger charge is -2.05. The number of halogens is 1. The molecule has 0 aliphatic rings. The van der Waals surface area contributed by atoms with E-state index in [0.29, 0.717) is 5.02 Å². The van der Waals surface area contributed by atoms with Gasteiger partial charge in [0.15, 0.2) is 0 Å². The number of nitrogens with two attached hydrogens (primary N) is 1. The summed E-state index contributed by atoms with van der Waals surface area (Å²) < 4.78 is 25.5. The van der Waals surface area contributed by atoms with Crippen molar-refractivity contribution in [1.29, 1.82) is 0 Å². The second kappa shape index (κ2) is 5.29. The zero-order chi connectivity index (χ0) is 12.2. The average Bonchev–Trinajstić information content (AvgIpc) is 2.16. The van der Waals surface area contributed by atoms with Crippen LogP contribution in [0, 0.1) is 0 Å². The molecule has 1 aromatic carbocycles. The van der Waals surface area contributed by atoms with Gasteiger partial charge in [-0.05, 0) is 18.2 Å². The van der Waals surface area contributed by atoms with Gasteiger partial charge in [-0.1, -0.05) is 17.7 Å². The fourth-order valence-corrected chi connectivity index (χ4v) is 2.36. The quantitative estimate of drug-likeness (QED) is 0.809. The van der Waals surface area contributed by atoms with Crippen LogP contribution in [0.3, 0.4) is 0 Å². The number of hydrogen-bond donors (Lipinski definition) is 2. The van der Waals surface area contributed by atoms with E-state index in [1.54, 1.807) is 6.07 Å². The molecule has 0 saturated heterocycles. The Morgan fingerprint density at radius 3 is 2.69 bits per heavy atom. The molecule has 0 bridgehead atoms. The zero-order valence-corrected chi connectivity index (χ0v) is 9.88. The highest BCUT2D eigenvalue weighted by molar-refractivity contribution is 7.89. The van der Waals surface area contributed by atoms with Crippen LogP contribution in [0.25, 0.3) is 0 Å². The molecular weight excluding hydrogens is 252 g/mol. The smallest absolute Gasteiger partial charge is 0.240 e. The van der Waals surface area contributed by atoms with Crippen molar-refractivity contribution >= 4 is 27.5 Å². The number of carbonyl (C=O) groups is 1. The van der Waals surface area contributed by atoms with Gasteiger partial charge in [0.25, 0.3) is 0 Å². The molecule has 0 saturated carbocycles. The topological polar surface area (TPSA) is 89.3 Å². The lowest BCUT2D eigenvalue weighted by Crippen LogP contribution is -2.28. The Hall–Kier alpha value is -1.11. The normalized spacial score (nSPS) is 11.3. The van der Waals surface area contributed by atoms with Crippen molar-refractivity contribution in [3.8, 4) is 0 Å². The highest BCUT2D eigenvalue weighted by Crippen LogP contribution is 2.14. The van der Waals surface area contributed by atoms with Crippen molar-refractivity contribution < 1.29 is 13.2 Å². The minimum absolute atomic E-state index is 0.0236. The monoisotopic (exact) mass is 262 g/mol. The van der Waals surface area contributed by atoms with Gasteiger partial charge in [0.05, 0.1) is 4.90 Å². The van der Waals surface area contributed by atoms with Crippen LogP contribution in [0.2, 0.25) is 5.02 Å². The fourth-order valence-electron chi connectivity index (χ4n) is 1.03. The zero-order valence-electron chi connectivity index (χ0n) is 8.31. The third-order valence-corrected chi connectivity index (χ3v) is 3.46. The fraction of sp³-hybridized carbons (Fsp3) is 0.222. The Morgan fingerprint density at radius 1 is 1.44 bits per heavy atom. The van der Waals surface area contributed by atoms with Crippen molar-refractivity contribution in [2.75, 3.05) is 6.54 Å². The third-order valence-electron chi connectivity index (χ3n) is 1.77. The summed E-state index contributed by atoms with van der Waals surface area (Å²) in [5.74, 6) is -0.561. The molecule has 1 aromatic rings. The minimum atomic E-state index is -3.62. The van der Waals surface area contributed by atoms with Gasteiger partial charge in [0.1, 0.15) is 0 Å². The van der Waals surface area contributed by atoms with E-state index >= 15 is 0 Å². The van der Waals surface area contributed by atoms with Gasteiger partial charge in [-0.3, -0.25) is 4.79 Å². The Morgan fingerprint density at radius 2 is 2.12 bits per heavy atom. The summed E-state index contributed by atoms with van der Waals surface area (Å²) >= 11 is 5.67. The molecule has 0 aliphatic heterocycles. The van der Waals surface area contributed by atoms with Gasteiger partial charge in [-0.25, -0.2) is 13.1 Å². The number of nitrogens with one attached hydrogen (secondary N) is 1.